The van der Waals surface area contributed by atoms with Gasteiger partial charge in [-0.25, -0.2) is 0 Å². The Morgan fingerprint density at radius 2 is 0.765 bits per heavy atom. The summed E-state index contributed by atoms with van der Waals surface area (Å²) in [5, 5.41) is 13.9. The van der Waals surface area contributed by atoms with E-state index >= 15 is 0 Å². The summed E-state index contributed by atoms with van der Waals surface area (Å²) in [6, 6.07) is -0.917. The molecule has 0 aliphatic rings. The first-order valence-corrected chi connectivity index (χ1v) is 35.6. The summed E-state index contributed by atoms with van der Waals surface area (Å²) in [5.41, 5.74) is 0. The highest BCUT2D eigenvalue weighted by Crippen LogP contribution is 2.38. The van der Waals surface area contributed by atoms with Crippen LogP contribution in [-0.2, 0) is 18.4 Å². The van der Waals surface area contributed by atoms with Crippen LogP contribution in [0.1, 0.15) is 303 Å². The number of hydrogen-bond acceptors (Lipinski definition) is 6. The molecule has 0 aromatic carbocycles. The van der Waals surface area contributed by atoms with Gasteiger partial charge in [0.2, 0.25) is 5.91 Å². The smallest absolute Gasteiger partial charge is 0.268 e. The van der Waals surface area contributed by atoms with Crippen LogP contribution >= 0.6 is 7.82 Å². The van der Waals surface area contributed by atoms with Crippen molar-refractivity contribution in [1.29, 1.82) is 0 Å². The molecule has 1 amide bonds. The Kier molecular flexibility index (Phi) is 60.0. The molecular weight excluding hydrogens is 1020 g/mol. The van der Waals surface area contributed by atoms with Gasteiger partial charge in [-0.15, -0.1) is 0 Å². The number of aliphatic hydroxyl groups is 1. The third-order valence-corrected chi connectivity index (χ3v) is 16.0. The molecule has 81 heavy (non-hydrogen) atoms. The predicted octanol–water partition coefficient (Wildman–Crippen LogP) is 21.1. The lowest BCUT2D eigenvalue weighted by atomic mass is 10.0. The highest BCUT2D eigenvalue weighted by Gasteiger charge is 2.23. The lowest BCUT2D eigenvalue weighted by Gasteiger charge is -2.29. The van der Waals surface area contributed by atoms with Crippen LogP contribution in [0.4, 0.5) is 0 Å². The van der Waals surface area contributed by atoms with E-state index in [0.29, 0.717) is 17.4 Å². The van der Waals surface area contributed by atoms with Gasteiger partial charge in [-0.1, -0.05) is 310 Å². The molecule has 0 heterocycles. The Balaban J connectivity index is 4.16. The first-order chi connectivity index (χ1) is 39.5. The van der Waals surface area contributed by atoms with Crippen molar-refractivity contribution in [3.8, 4) is 0 Å². The van der Waals surface area contributed by atoms with Crippen molar-refractivity contribution < 1.29 is 32.9 Å². The number of carbonyl (C=O) groups excluding carboxylic acids is 1. The number of rotatable bonds is 62. The van der Waals surface area contributed by atoms with Gasteiger partial charge < -0.3 is 28.8 Å². The second-order valence-electron chi connectivity index (χ2n) is 24.1. The highest BCUT2D eigenvalue weighted by atomic mass is 31.2. The van der Waals surface area contributed by atoms with E-state index in [1.807, 2.05) is 27.2 Å². The number of quaternary nitrogens is 1. The van der Waals surface area contributed by atoms with E-state index in [-0.39, 0.29) is 12.5 Å². The number of phosphoric ester groups is 1. The standard InChI is InChI=1S/C72H131N2O6P/c1-6-8-10-12-14-16-18-20-22-24-26-28-30-32-34-35-36-37-38-40-41-43-45-47-49-51-53-55-57-59-61-63-65-71(75)70(69-80-81(77,78)79-68-67-74(3,4)5)73-72(76)66-64-62-60-58-56-54-52-50-48-46-44-42-39-33-31-29-27-25-23-21-19-17-15-13-11-9-7-2/h9,11,15,17,21,23,27,29,33,39,44,46,55,57,63,65,70-71,75H,6-8,10,12-14,16,18-20,22,24-26,28,30-32,34-38,40-43,45,47-54,56,58-62,64,66-69H2,1-5H3,(H-,73,76,77,78)/b11-9-,17-15-,23-21-,29-27-,39-33-,46-44-,57-55+,65-63+. The molecular formula is C72H131N2O6P. The van der Waals surface area contributed by atoms with Crippen LogP contribution in [0.5, 0.6) is 0 Å². The molecule has 8 nitrogen and oxygen atoms in total. The van der Waals surface area contributed by atoms with Gasteiger partial charge in [-0.2, -0.15) is 0 Å². The van der Waals surface area contributed by atoms with Gasteiger partial charge in [0.25, 0.3) is 7.82 Å². The number of hydrogen-bond donors (Lipinski definition) is 2. The normalized spacial score (nSPS) is 14.3. The molecule has 0 spiro atoms. The Labute approximate surface area is 502 Å². The first-order valence-electron chi connectivity index (χ1n) is 34.1. The molecule has 0 saturated heterocycles. The van der Waals surface area contributed by atoms with E-state index in [9.17, 15) is 19.4 Å². The molecule has 0 aliphatic carbocycles. The molecule has 470 valence electrons. The molecule has 3 atom stereocenters. The predicted molar refractivity (Wildman–Crippen MR) is 353 cm³/mol. The fraction of sp³-hybridized carbons (Fsp3) is 0.764. The maximum absolute atomic E-state index is 13.0. The van der Waals surface area contributed by atoms with Gasteiger partial charge in [0.1, 0.15) is 13.2 Å². The highest BCUT2D eigenvalue weighted by molar-refractivity contribution is 7.45. The third kappa shape index (κ3) is 64.8. The summed E-state index contributed by atoms with van der Waals surface area (Å²) in [4.78, 5) is 25.6. The Hall–Kier alpha value is -2.58. The molecule has 3 unspecified atom stereocenters. The fourth-order valence-corrected chi connectivity index (χ4v) is 10.5. The van der Waals surface area contributed by atoms with Crippen LogP contribution in [0, 0.1) is 0 Å². The van der Waals surface area contributed by atoms with Crippen LogP contribution in [-0.4, -0.2) is 68.5 Å². The van der Waals surface area contributed by atoms with E-state index in [1.54, 1.807) is 6.08 Å². The number of allylic oxidation sites excluding steroid dienone is 15. The minimum atomic E-state index is -4.62. The SMILES string of the molecule is CC/C=C\C/C=C\C/C=C\C/C=C\C/C=C\C/C=C\CCCCCCCCCCC(=O)NC(COP(=O)([O-])OCC[N+](C)(C)C)C(O)/C=C/CC/C=C/CCCCCCCCCCCCCCCCCCCCCCCCCCCC. The van der Waals surface area contributed by atoms with Crippen molar-refractivity contribution in [2.24, 2.45) is 0 Å². The van der Waals surface area contributed by atoms with Crippen molar-refractivity contribution in [2.45, 2.75) is 315 Å². The Morgan fingerprint density at radius 1 is 0.444 bits per heavy atom. The van der Waals surface area contributed by atoms with Crippen molar-refractivity contribution >= 4 is 13.7 Å². The average molecular weight is 1150 g/mol. The molecule has 0 aliphatic heterocycles. The molecule has 2 N–H and O–H groups in total. The van der Waals surface area contributed by atoms with Crippen molar-refractivity contribution in [1.82, 2.24) is 5.32 Å². The lowest BCUT2D eigenvalue weighted by Crippen LogP contribution is -2.45. The second-order valence-corrected chi connectivity index (χ2v) is 25.6. The lowest BCUT2D eigenvalue weighted by molar-refractivity contribution is -0.870. The van der Waals surface area contributed by atoms with E-state index in [4.69, 9.17) is 9.05 Å². The van der Waals surface area contributed by atoms with Gasteiger partial charge in [0.05, 0.1) is 39.9 Å². The van der Waals surface area contributed by atoms with Crippen LogP contribution in [0.15, 0.2) is 97.2 Å². The number of carbonyl (C=O) groups is 1. The van der Waals surface area contributed by atoms with Gasteiger partial charge in [0.15, 0.2) is 0 Å². The zero-order valence-corrected chi connectivity index (χ0v) is 54.6. The quantitative estimate of drug-likeness (QED) is 0.0272. The molecule has 0 aromatic heterocycles. The minimum absolute atomic E-state index is 0.0126. The molecule has 9 heteroatoms. The average Bonchev–Trinajstić information content (AvgIpc) is 3.43. The van der Waals surface area contributed by atoms with Crippen molar-refractivity contribution in [2.75, 3.05) is 40.9 Å². The molecule has 0 radical (unpaired) electrons. The van der Waals surface area contributed by atoms with E-state index in [2.05, 4.69) is 104 Å². The first kappa shape index (κ1) is 78.4. The third-order valence-electron chi connectivity index (χ3n) is 15.0. The van der Waals surface area contributed by atoms with E-state index in [1.165, 1.54) is 193 Å². The number of unbranched alkanes of at least 4 members (excludes halogenated alkanes) is 35. The van der Waals surface area contributed by atoms with Gasteiger partial charge in [-0.3, -0.25) is 9.36 Å². The van der Waals surface area contributed by atoms with E-state index < -0.39 is 26.6 Å². The Bertz CT molecular complexity index is 1640. The summed E-state index contributed by atoms with van der Waals surface area (Å²) < 4.78 is 23.4. The maximum Gasteiger partial charge on any atom is 0.268 e. The number of nitrogens with zero attached hydrogens (tertiary/aromatic N) is 1. The number of amides is 1. The molecule has 0 fully saturated rings. The largest absolute Gasteiger partial charge is 0.756 e. The van der Waals surface area contributed by atoms with E-state index in [0.717, 1.165) is 89.9 Å². The zero-order chi connectivity index (χ0) is 59.1. The van der Waals surface area contributed by atoms with Gasteiger partial charge in [0, 0.05) is 6.42 Å². The Morgan fingerprint density at radius 3 is 1.15 bits per heavy atom. The maximum atomic E-state index is 13.0. The number of nitrogens with one attached hydrogen (secondary N) is 1. The number of likely N-dealkylation sites (N-methyl/N-ethyl adjacent to an activating group) is 1. The monoisotopic (exact) mass is 1150 g/mol. The topological polar surface area (TPSA) is 108 Å². The molecule has 0 bridgehead atoms. The zero-order valence-electron chi connectivity index (χ0n) is 53.7. The van der Waals surface area contributed by atoms with Crippen molar-refractivity contribution in [3.05, 3.63) is 97.2 Å². The summed E-state index contributed by atoms with van der Waals surface area (Å²) in [6.07, 6.45) is 89.6. The van der Waals surface area contributed by atoms with Crippen LogP contribution in [0.2, 0.25) is 0 Å². The summed E-state index contributed by atoms with van der Waals surface area (Å²) in [6.45, 7) is 4.53. The van der Waals surface area contributed by atoms with Gasteiger partial charge in [-0.05, 0) is 83.5 Å². The summed E-state index contributed by atoms with van der Waals surface area (Å²) in [5.74, 6) is -0.217. The van der Waals surface area contributed by atoms with Crippen LogP contribution in [0.3, 0.4) is 0 Å². The number of phosphoric acid groups is 1. The summed E-state index contributed by atoms with van der Waals surface area (Å²) >= 11 is 0. The van der Waals surface area contributed by atoms with Crippen LogP contribution in [0.25, 0.3) is 0 Å². The van der Waals surface area contributed by atoms with Crippen molar-refractivity contribution in [3.63, 3.8) is 0 Å². The van der Waals surface area contributed by atoms with Crippen LogP contribution < -0.4 is 10.2 Å². The minimum Gasteiger partial charge on any atom is -0.756 e. The molecule has 0 saturated carbocycles. The van der Waals surface area contributed by atoms with Gasteiger partial charge >= 0.3 is 0 Å². The second kappa shape index (κ2) is 62.0. The molecule has 0 rings (SSSR count). The summed E-state index contributed by atoms with van der Waals surface area (Å²) in [7, 11) is 1.23. The number of aliphatic hydroxyl groups excluding tert-OH is 1. The molecule has 0 aromatic rings. The fourth-order valence-electron chi connectivity index (χ4n) is 9.76.